The molecule has 3 heteroatoms. The summed E-state index contributed by atoms with van der Waals surface area (Å²) in [4.78, 5) is 12.6. The first kappa shape index (κ1) is 21.1. The number of hydrogen-bond acceptors (Lipinski definition) is 1. The fourth-order valence-electron chi connectivity index (χ4n) is 4.47. The summed E-state index contributed by atoms with van der Waals surface area (Å²) in [7, 11) is 0. The standard InChI is InChI=1S/C28H26GeO2/c1-22-17-19-23(20-18-22)27(28(30)31)21-29(24-11-5-2-6-12-24,25-13-7-3-8-14-25)26-15-9-4-10-16-26/h2-20,27H,21H2,1H3,(H,30,31). The molecule has 0 spiro atoms. The van der Waals surface area contributed by atoms with Gasteiger partial charge in [-0.1, -0.05) is 0 Å². The van der Waals surface area contributed by atoms with E-state index in [9.17, 15) is 9.90 Å². The topological polar surface area (TPSA) is 37.3 Å². The molecule has 0 saturated carbocycles. The number of rotatable bonds is 7. The van der Waals surface area contributed by atoms with E-state index in [0.717, 1.165) is 11.1 Å². The van der Waals surface area contributed by atoms with Crippen molar-refractivity contribution in [2.75, 3.05) is 0 Å². The van der Waals surface area contributed by atoms with E-state index in [-0.39, 0.29) is 0 Å². The van der Waals surface area contributed by atoms with Crippen LogP contribution in [-0.2, 0) is 4.79 Å². The first-order valence-corrected chi connectivity index (χ1v) is 15.2. The molecule has 1 unspecified atom stereocenters. The molecule has 4 rings (SSSR count). The molecule has 4 aromatic rings. The Morgan fingerprint density at radius 1 is 0.677 bits per heavy atom. The second kappa shape index (κ2) is 9.36. The molecule has 154 valence electrons. The number of carbonyl (C=O) groups is 1. The van der Waals surface area contributed by atoms with Gasteiger partial charge in [-0.05, 0) is 0 Å². The van der Waals surface area contributed by atoms with Crippen LogP contribution in [0.1, 0.15) is 17.0 Å². The molecule has 0 aromatic heterocycles. The zero-order valence-corrected chi connectivity index (χ0v) is 19.7. The van der Waals surface area contributed by atoms with E-state index in [1.54, 1.807) is 0 Å². The van der Waals surface area contributed by atoms with Gasteiger partial charge in [0.25, 0.3) is 0 Å². The van der Waals surface area contributed by atoms with E-state index in [4.69, 9.17) is 0 Å². The Morgan fingerprint density at radius 2 is 1.06 bits per heavy atom. The fraction of sp³-hybridized carbons (Fsp3) is 0.107. The van der Waals surface area contributed by atoms with Gasteiger partial charge in [0.15, 0.2) is 0 Å². The van der Waals surface area contributed by atoms with E-state index in [1.165, 1.54) is 13.2 Å². The third kappa shape index (κ3) is 4.35. The molecule has 0 aliphatic rings. The monoisotopic (exact) mass is 468 g/mol. The van der Waals surface area contributed by atoms with Crippen molar-refractivity contribution in [2.45, 2.75) is 18.1 Å². The van der Waals surface area contributed by atoms with Crippen molar-refractivity contribution in [1.29, 1.82) is 0 Å². The maximum atomic E-state index is 12.6. The van der Waals surface area contributed by atoms with Crippen molar-refractivity contribution in [1.82, 2.24) is 0 Å². The first-order chi connectivity index (χ1) is 15.1. The Hall–Kier alpha value is -3.11. The first-order valence-electron chi connectivity index (χ1n) is 10.6. The van der Waals surface area contributed by atoms with Crippen LogP contribution in [-0.4, -0.2) is 24.3 Å². The van der Waals surface area contributed by atoms with E-state index in [2.05, 4.69) is 72.8 Å². The van der Waals surface area contributed by atoms with Crippen LogP contribution in [0.2, 0.25) is 5.25 Å². The molecule has 1 N–H and O–H groups in total. The maximum absolute atomic E-state index is 12.6. The molecule has 1 atom stereocenters. The third-order valence-corrected chi connectivity index (χ3v) is 16.5. The fourth-order valence-corrected chi connectivity index (χ4v) is 15.0. The zero-order valence-electron chi connectivity index (χ0n) is 17.6. The molecule has 0 bridgehead atoms. The van der Waals surface area contributed by atoms with Crippen molar-refractivity contribution in [3.8, 4) is 0 Å². The van der Waals surface area contributed by atoms with Crippen LogP contribution in [0, 0.1) is 6.92 Å². The molecular formula is C28H26GeO2. The summed E-state index contributed by atoms with van der Waals surface area (Å²) in [5.74, 6) is -1.33. The second-order valence-electron chi connectivity index (χ2n) is 8.01. The normalized spacial score (nSPS) is 12.3. The number of aliphatic carboxylic acids is 1. The van der Waals surface area contributed by atoms with Crippen LogP contribution in [0.5, 0.6) is 0 Å². The summed E-state index contributed by atoms with van der Waals surface area (Å²) in [6.07, 6.45) is 0. The van der Waals surface area contributed by atoms with Gasteiger partial charge >= 0.3 is 187 Å². The summed E-state index contributed by atoms with van der Waals surface area (Å²) in [5, 5.41) is 10.9. The van der Waals surface area contributed by atoms with Gasteiger partial charge in [-0.15, -0.1) is 0 Å². The molecule has 0 heterocycles. The predicted octanol–water partition coefficient (Wildman–Crippen LogP) is 4.33. The molecule has 0 aliphatic carbocycles. The molecule has 31 heavy (non-hydrogen) atoms. The van der Waals surface area contributed by atoms with Gasteiger partial charge < -0.3 is 0 Å². The Kier molecular flexibility index (Phi) is 6.38. The van der Waals surface area contributed by atoms with E-state index >= 15 is 0 Å². The quantitative estimate of drug-likeness (QED) is 0.411. The second-order valence-corrected chi connectivity index (χ2v) is 16.3. The van der Waals surface area contributed by atoms with Gasteiger partial charge in [-0.2, -0.15) is 0 Å². The molecule has 0 radical (unpaired) electrons. The molecule has 0 saturated heterocycles. The van der Waals surface area contributed by atoms with Crippen molar-refractivity contribution in [3.63, 3.8) is 0 Å². The van der Waals surface area contributed by atoms with Crippen LogP contribution in [0.3, 0.4) is 0 Å². The predicted molar refractivity (Wildman–Crippen MR) is 130 cm³/mol. The van der Waals surface area contributed by atoms with Crippen LogP contribution in [0.25, 0.3) is 0 Å². The summed E-state index contributed by atoms with van der Waals surface area (Å²) in [6.45, 7) is 2.03. The molecule has 4 aromatic carbocycles. The van der Waals surface area contributed by atoms with Gasteiger partial charge in [0.05, 0.1) is 0 Å². The van der Waals surface area contributed by atoms with Crippen molar-refractivity contribution >= 4 is 32.4 Å². The number of carboxylic acid groups (broad SMARTS) is 1. The van der Waals surface area contributed by atoms with Crippen LogP contribution >= 0.6 is 0 Å². The van der Waals surface area contributed by atoms with Crippen LogP contribution in [0.15, 0.2) is 115 Å². The summed E-state index contributed by atoms with van der Waals surface area (Å²) in [6, 6.07) is 39.6. The summed E-state index contributed by atoms with van der Waals surface area (Å²) >= 11 is -3.34. The van der Waals surface area contributed by atoms with Crippen LogP contribution < -0.4 is 13.2 Å². The Bertz CT molecular complexity index is 1030. The van der Waals surface area contributed by atoms with Gasteiger partial charge in [0, 0.05) is 0 Å². The summed E-state index contributed by atoms with van der Waals surface area (Å²) in [5.41, 5.74) is 2.01. The molecule has 0 fully saturated rings. The molecule has 0 aliphatic heterocycles. The van der Waals surface area contributed by atoms with E-state index < -0.39 is 25.2 Å². The molecular weight excluding hydrogens is 441 g/mol. The minimum absolute atomic E-state index is 0.568. The van der Waals surface area contributed by atoms with Gasteiger partial charge in [-0.3, -0.25) is 0 Å². The van der Waals surface area contributed by atoms with E-state index in [0.29, 0.717) is 5.25 Å². The number of benzene rings is 4. The van der Waals surface area contributed by atoms with Gasteiger partial charge in [0.1, 0.15) is 0 Å². The molecule has 2 nitrogen and oxygen atoms in total. The van der Waals surface area contributed by atoms with Crippen LogP contribution in [0.4, 0.5) is 0 Å². The van der Waals surface area contributed by atoms with Gasteiger partial charge in [-0.25, -0.2) is 0 Å². The minimum atomic E-state index is -3.34. The Balaban J connectivity index is 1.97. The van der Waals surface area contributed by atoms with Crippen molar-refractivity contribution in [3.05, 3.63) is 126 Å². The van der Waals surface area contributed by atoms with Gasteiger partial charge in [0.2, 0.25) is 0 Å². The Morgan fingerprint density at radius 3 is 1.42 bits per heavy atom. The van der Waals surface area contributed by atoms with Crippen molar-refractivity contribution in [2.24, 2.45) is 0 Å². The third-order valence-electron chi connectivity index (χ3n) is 6.09. The zero-order chi connectivity index (χ0) is 21.7. The average Bonchev–Trinajstić information content (AvgIpc) is 2.82. The van der Waals surface area contributed by atoms with Crippen molar-refractivity contribution < 1.29 is 9.90 Å². The number of hydrogen-bond donors (Lipinski definition) is 1. The average molecular weight is 467 g/mol. The number of aryl methyl sites for hydroxylation is 1. The number of carboxylic acids is 1. The summed E-state index contributed by atoms with van der Waals surface area (Å²) < 4.78 is 3.83. The van der Waals surface area contributed by atoms with E-state index in [1.807, 2.05) is 49.4 Å². The molecule has 0 amide bonds. The Labute approximate surface area is 186 Å². The SMILES string of the molecule is Cc1ccc(C([CH2][Ge]([c]2ccccc2)([c]2ccccc2)[c]2ccccc2)C(=O)O)cc1.